The topological polar surface area (TPSA) is 95.7 Å². The van der Waals surface area contributed by atoms with Crippen molar-refractivity contribution in [2.75, 3.05) is 5.32 Å². The number of thioether (sulfide) groups is 1. The summed E-state index contributed by atoms with van der Waals surface area (Å²) in [5, 5.41) is 12.1. The van der Waals surface area contributed by atoms with Crippen LogP contribution in [0.5, 0.6) is 0 Å². The van der Waals surface area contributed by atoms with Gasteiger partial charge in [0.15, 0.2) is 5.78 Å². The zero-order valence-corrected chi connectivity index (χ0v) is 15.3. The maximum absolute atomic E-state index is 12.4. The van der Waals surface area contributed by atoms with Crippen molar-refractivity contribution in [3.8, 4) is 6.07 Å². The van der Waals surface area contributed by atoms with Gasteiger partial charge in [0.1, 0.15) is 22.5 Å². The molecule has 6 nitrogen and oxygen atoms in total. The Balaban J connectivity index is 2.15. The van der Waals surface area contributed by atoms with Crippen LogP contribution in [0.1, 0.15) is 41.3 Å². The predicted molar refractivity (Wildman–Crippen MR) is 96.6 cm³/mol. The van der Waals surface area contributed by atoms with E-state index in [2.05, 4.69) is 21.4 Å². The van der Waals surface area contributed by atoms with Crippen molar-refractivity contribution in [3.63, 3.8) is 0 Å². The average Bonchev–Trinajstić information content (AvgIpc) is 2.54. The van der Waals surface area contributed by atoms with Gasteiger partial charge in [0.25, 0.3) is 0 Å². The number of nitriles is 1. The number of hydrogen-bond acceptors (Lipinski definition) is 6. The van der Waals surface area contributed by atoms with Crippen LogP contribution in [0, 0.1) is 25.2 Å². The Morgan fingerprint density at radius 1 is 1.28 bits per heavy atom. The number of rotatable bonds is 5. The molecule has 1 amide bonds. The van der Waals surface area contributed by atoms with E-state index in [1.54, 1.807) is 45.0 Å². The van der Waals surface area contributed by atoms with Gasteiger partial charge >= 0.3 is 0 Å². The average molecular weight is 354 g/mol. The lowest BCUT2D eigenvalue weighted by Crippen LogP contribution is -2.23. The monoisotopic (exact) mass is 354 g/mol. The molecule has 7 heteroatoms. The van der Waals surface area contributed by atoms with Crippen molar-refractivity contribution in [2.24, 2.45) is 0 Å². The molecule has 1 aromatic carbocycles. The summed E-state index contributed by atoms with van der Waals surface area (Å²) in [6.45, 7) is 6.71. The maximum atomic E-state index is 12.4. The van der Waals surface area contributed by atoms with Crippen LogP contribution < -0.4 is 5.32 Å². The number of nitrogens with one attached hydrogen (secondary N) is 1. The summed E-state index contributed by atoms with van der Waals surface area (Å²) in [4.78, 5) is 32.3. The van der Waals surface area contributed by atoms with Gasteiger partial charge in [-0.3, -0.25) is 9.59 Å². The first-order valence-corrected chi connectivity index (χ1v) is 8.53. The summed E-state index contributed by atoms with van der Waals surface area (Å²) < 4.78 is 0. The number of anilines is 1. The molecule has 1 aromatic heterocycles. The highest BCUT2D eigenvalue weighted by Crippen LogP contribution is 2.27. The number of benzene rings is 1. The Hall–Kier alpha value is -2.72. The summed E-state index contributed by atoms with van der Waals surface area (Å²) in [6, 6.07) is 8.86. The second-order valence-corrected chi connectivity index (χ2v) is 6.86. The molecule has 1 atom stereocenters. The zero-order valence-electron chi connectivity index (χ0n) is 14.5. The minimum Gasteiger partial charge on any atom is -0.325 e. The summed E-state index contributed by atoms with van der Waals surface area (Å²) in [6.07, 6.45) is 0. The fourth-order valence-corrected chi connectivity index (χ4v) is 3.17. The number of aromatic nitrogens is 2. The van der Waals surface area contributed by atoms with Crippen LogP contribution in [-0.4, -0.2) is 26.9 Å². The smallest absolute Gasteiger partial charge is 0.237 e. The van der Waals surface area contributed by atoms with Gasteiger partial charge in [-0.15, -0.1) is 0 Å². The van der Waals surface area contributed by atoms with E-state index in [1.807, 2.05) is 0 Å². The van der Waals surface area contributed by atoms with Crippen LogP contribution in [-0.2, 0) is 4.79 Å². The number of carbonyl (C=O) groups excluding carboxylic acids is 2. The van der Waals surface area contributed by atoms with Crippen molar-refractivity contribution in [1.82, 2.24) is 9.97 Å². The van der Waals surface area contributed by atoms with Crippen LogP contribution in [0.25, 0.3) is 0 Å². The molecule has 25 heavy (non-hydrogen) atoms. The van der Waals surface area contributed by atoms with E-state index in [0.29, 0.717) is 33.4 Å². The summed E-state index contributed by atoms with van der Waals surface area (Å²) >= 11 is 1.21. The molecule has 0 aliphatic rings. The first kappa shape index (κ1) is 18.6. The molecule has 0 aliphatic carbocycles. The number of Topliss-reactive ketones (excluding diaryl/α,β-unsaturated/α-hetero) is 1. The Labute approximate surface area is 150 Å². The lowest BCUT2D eigenvalue weighted by molar-refractivity contribution is -0.115. The molecule has 1 heterocycles. The van der Waals surface area contributed by atoms with Crippen LogP contribution in [0.15, 0.2) is 29.3 Å². The Bertz CT molecular complexity index is 874. The molecule has 0 radical (unpaired) electrons. The van der Waals surface area contributed by atoms with E-state index in [0.717, 1.165) is 0 Å². The van der Waals surface area contributed by atoms with Gasteiger partial charge in [0.2, 0.25) is 5.91 Å². The highest BCUT2D eigenvalue weighted by Gasteiger charge is 2.19. The quantitative estimate of drug-likeness (QED) is 0.503. The summed E-state index contributed by atoms with van der Waals surface area (Å²) in [5.41, 5.74) is 2.07. The fraction of sp³-hybridized carbons (Fsp3) is 0.278. The minimum absolute atomic E-state index is 0.0656. The highest BCUT2D eigenvalue weighted by atomic mass is 32.2. The number of amides is 1. The van der Waals surface area contributed by atoms with Crippen molar-refractivity contribution in [3.05, 3.63) is 46.9 Å². The van der Waals surface area contributed by atoms with Crippen molar-refractivity contribution >= 4 is 29.1 Å². The molecule has 1 unspecified atom stereocenters. The van der Waals surface area contributed by atoms with E-state index in [4.69, 9.17) is 0 Å². The van der Waals surface area contributed by atoms with E-state index in [1.165, 1.54) is 18.7 Å². The van der Waals surface area contributed by atoms with Gasteiger partial charge in [0.05, 0.1) is 10.9 Å². The van der Waals surface area contributed by atoms with Crippen molar-refractivity contribution in [1.29, 1.82) is 5.26 Å². The Kier molecular flexibility index (Phi) is 5.88. The van der Waals surface area contributed by atoms with Crippen molar-refractivity contribution < 1.29 is 9.59 Å². The Morgan fingerprint density at radius 3 is 2.64 bits per heavy atom. The third-order valence-electron chi connectivity index (χ3n) is 3.47. The van der Waals surface area contributed by atoms with Crippen LogP contribution in [0.3, 0.4) is 0 Å². The Morgan fingerprint density at radius 2 is 2.00 bits per heavy atom. The predicted octanol–water partition coefficient (Wildman–Crippen LogP) is 3.29. The molecular weight excluding hydrogens is 336 g/mol. The number of ketones is 1. The van der Waals surface area contributed by atoms with Crippen molar-refractivity contribution in [2.45, 2.75) is 38.0 Å². The lowest BCUT2D eigenvalue weighted by Gasteiger charge is -2.13. The molecule has 128 valence electrons. The van der Waals surface area contributed by atoms with Crippen LogP contribution >= 0.6 is 11.8 Å². The molecule has 0 saturated carbocycles. The highest BCUT2D eigenvalue weighted by molar-refractivity contribution is 8.00. The summed E-state index contributed by atoms with van der Waals surface area (Å²) in [5.74, 6) is 0.258. The fourth-order valence-electron chi connectivity index (χ4n) is 2.18. The molecule has 2 rings (SSSR count). The molecule has 1 N–H and O–H groups in total. The molecule has 0 spiro atoms. The van der Waals surface area contributed by atoms with Gasteiger partial charge < -0.3 is 5.32 Å². The van der Waals surface area contributed by atoms with Gasteiger partial charge in [-0.05, 0) is 39.8 Å². The van der Waals surface area contributed by atoms with Gasteiger partial charge in [-0.25, -0.2) is 9.97 Å². The SMILES string of the molecule is CC(=O)c1cccc(NC(=O)C(C)Sc2nc(C)nc(C)c2C#N)c1. The third kappa shape index (κ3) is 4.64. The van der Waals surface area contributed by atoms with Crippen LogP contribution in [0.4, 0.5) is 5.69 Å². The largest absolute Gasteiger partial charge is 0.325 e. The molecule has 0 saturated heterocycles. The normalized spacial score (nSPS) is 11.5. The number of hydrogen-bond donors (Lipinski definition) is 1. The number of aryl methyl sites for hydroxylation is 2. The third-order valence-corrected chi connectivity index (χ3v) is 4.56. The van der Waals surface area contributed by atoms with E-state index in [9.17, 15) is 14.9 Å². The molecular formula is C18H18N4O2S. The van der Waals surface area contributed by atoms with Gasteiger partial charge in [-0.1, -0.05) is 23.9 Å². The second-order valence-electron chi connectivity index (χ2n) is 5.53. The minimum atomic E-state index is -0.471. The van der Waals surface area contributed by atoms with Crippen LogP contribution in [0.2, 0.25) is 0 Å². The van der Waals surface area contributed by atoms with E-state index >= 15 is 0 Å². The molecule has 0 bridgehead atoms. The molecule has 0 aliphatic heterocycles. The second kappa shape index (κ2) is 7.90. The molecule has 0 fully saturated rings. The standard InChI is InChI=1S/C18H18N4O2S/c1-10-16(9-19)18(21-13(4)20-10)25-12(3)17(24)22-15-7-5-6-14(8-15)11(2)23/h5-8,12H,1-4H3,(H,22,24). The molecule has 2 aromatic rings. The lowest BCUT2D eigenvalue weighted by atomic mass is 10.1. The van der Waals surface area contributed by atoms with E-state index < -0.39 is 5.25 Å². The van der Waals surface area contributed by atoms with Gasteiger partial charge in [0, 0.05) is 11.3 Å². The first-order chi connectivity index (χ1) is 11.8. The maximum Gasteiger partial charge on any atom is 0.237 e. The van der Waals surface area contributed by atoms with E-state index in [-0.39, 0.29) is 11.7 Å². The van der Waals surface area contributed by atoms with Gasteiger partial charge in [-0.2, -0.15) is 5.26 Å². The summed E-state index contributed by atoms with van der Waals surface area (Å²) in [7, 11) is 0. The number of carbonyl (C=O) groups is 2. The zero-order chi connectivity index (χ0) is 18.6. The first-order valence-electron chi connectivity index (χ1n) is 7.65. The number of nitrogens with zero attached hydrogens (tertiary/aromatic N) is 3.